The van der Waals surface area contributed by atoms with Crippen LogP contribution in [0.25, 0.3) is 0 Å². The van der Waals surface area contributed by atoms with Gasteiger partial charge >= 0.3 is 0 Å². The topological polar surface area (TPSA) is 27.7 Å². The predicted octanol–water partition coefficient (Wildman–Crippen LogP) is 6.23. The maximum Gasteiger partial charge on any atom is 0.282 e. The molecule has 146 valence electrons. The van der Waals surface area contributed by atoms with Crippen LogP contribution < -0.4 is 0 Å². The van der Waals surface area contributed by atoms with Crippen LogP contribution >= 0.6 is 0 Å². The molecule has 25 heavy (non-hydrogen) atoms. The second-order valence-corrected chi connectivity index (χ2v) is 7.83. The SMILES string of the molecule is CCOC(CCCCCCCCC12C=CC(CC1)C2)(OCC)OCC. The molecule has 0 aliphatic heterocycles. The Morgan fingerprint density at radius 2 is 1.48 bits per heavy atom. The lowest BCUT2D eigenvalue weighted by molar-refractivity contribution is -0.380. The van der Waals surface area contributed by atoms with Crippen LogP contribution in [0.1, 0.15) is 91.4 Å². The van der Waals surface area contributed by atoms with E-state index in [1.807, 2.05) is 20.8 Å². The van der Waals surface area contributed by atoms with Gasteiger partial charge in [0.1, 0.15) is 0 Å². The van der Waals surface area contributed by atoms with Crippen molar-refractivity contribution in [3.8, 4) is 0 Å². The van der Waals surface area contributed by atoms with E-state index in [9.17, 15) is 0 Å². The van der Waals surface area contributed by atoms with Gasteiger partial charge in [0.2, 0.25) is 0 Å². The lowest BCUT2D eigenvalue weighted by atomic mass is 9.82. The molecule has 2 atom stereocenters. The quantitative estimate of drug-likeness (QED) is 0.199. The Kier molecular flexibility index (Phi) is 8.95. The van der Waals surface area contributed by atoms with Crippen LogP contribution in [0.2, 0.25) is 0 Å². The van der Waals surface area contributed by atoms with Gasteiger partial charge in [-0.3, -0.25) is 0 Å². The van der Waals surface area contributed by atoms with Gasteiger partial charge in [-0.25, -0.2) is 0 Å². The Hall–Kier alpha value is -0.380. The highest BCUT2D eigenvalue weighted by atomic mass is 16.9. The van der Waals surface area contributed by atoms with Crippen molar-refractivity contribution in [2.24, 2.45) is 11.3 Å². The summed E-state index contributed by atoms with van der Waals surface area (Å²) in [5.41, 5.74) is 0.608. The smallest absolute Gasteiger partial charge is 0.282 e. The molecule has 2 unspecified atom stereocenters. The minimum atomic E-state index is -0.814. The van der Waals surface area contributed by atoms with Crippen LogP contribution in [0.15, 0.2) is 12.2 Å². The molecule has 2 rings (SSSR count). The fraction of sp³-hybridized carbons (Fsp3) is 0.909. The van der Waals surface area contributed by atoms with Crippen LogP contribution in [-0.4, -0.2) is 25.8 Å². The molecule has 2 bridgehead atoms. The van der Waals surface area contributed by atoms with Crippen LogP contribution in [0, 0.1) is 11.3 Å². The summed E-state index contributed by atoms with van der Waals surface area (Å²) in [4.78, 5) is 0. The van der Waals surface area contributed by atoms with Crippen molar-refractivity contribution >= 4 is 0 Å². The maximum absolute atomic E-state index is 5.79. The third kappa shape index (κ3) is 6.37. The molecule has 0 aromatic rings. The Labute approximate surface area is 155 Å². The Bertz CT molecular complexity index is 376. The molecule has 3 nitrogen and oxygen atoms in total. The number of hydrogen-bond donors (Lipinski definition) is 0. The zero-order valence-electron chi connectivity index (χ0n) is 16.9. The number of ether oxygens (including phenoxy) is 3. The summed E-state index contributed by atoms with van der Waals surface area (Å²) in [6, 6.07) is 0. The van der Waals surface area contributed by atoms with Gasteiger partial charge in [0.25, 0.3) is 5.97 Å². The van der Waals surface area contributed by atoms with Crippen molar-refractivity contribution < 1.29 is 14.2 Å². The van der Waals surface area contributed by atoms with E-state index in [2.05, 4.69) is 12.2 Å². The normalized spacial score (nSPS) is 25.2. The van der Waals surface area contributed by atoms with Gasteiger partial charge in [0, 0.05) is 26.2 Å². The fourth-order valence-electron chi connectivity index (χ4n) is 4.69. The molecule has 0 aromatic heterocycles. The highest BCUT2D eigenvalue weighted by molar-refractivity contribution is 5.15. The molecule has 0 spiro atoms. The first-order valence-corrected chi connectivity index (χ1v) is 10.8. The number of allylic oxidation sites excluding steroid dienone is 2. The lowest BCUT2D eigenvalue weighted by Crippen LogP contribution is -2.39. The Morgan fingerprint density at radius 3 is 1.96 bits per heavy atom. The van der Waals surface area contributed by atoms with Gasteiger partial charge < -0.3 is 14.2 Å². The van der Waals surface area contributed by atoms with Crippen molar-refractivity contribution in [3.63, 3.8) is 0 Å². The second-order valence-electron chi connectivity index (χ2n) is 7.83. The molecule has 1 fully saturated rings. The Balaban J connectivity index is 1.53. The van der Waals surface area contributed by atoms with Crippen LogP contribution in [0.4, 0.5) is 0 Å². The van der Waals surface area contributed by atoms with Crippen LogP contribution in [0.3, 0.4) is 0 Å². The first kappa shape index (κ1) is 20.9. The van der Waals surface area contributed by atoms with Gasteiger partial charge in [-0.15, -0.1) is 0 Å². The van der Waals surface area contributed by atoms with Crippen LogP contribution in [-0.2, 0) is 14.2 Å². The minimum absolute atomic E-state index is 0.608. The molecule has 0 aromatic carbocycles. The number of rotatable bonds is 15. The second kappa shape index (κ2) is 10.7. The molecule has 0 N–H and O–H groups in total. The monoisotopic (exact) mass is 352 g/mol. The largest absolute Gasteiger partial charge is 0.328 e. The van der Waals surface area contributed by atoms with E-state index in [0.29, 0.717) is 25.2 Å². The fourth-order valence-corrected chi connectivity index (χ4v) is 4.69. The first-order valence-electron chi connectivity index (χ1n) is 10.8. The van der Waals surface area contributed by atoms with Crippen LogP contribution in [0.5, 0.6) is 0 Å². The standard InChI is InChI=1S/C22H40O3/c1-4-23-22(24-5-2,25-6-3)16-12-10-8-7-9-11-15-21-17-13-20(19-21)14-18-21/h13,17,20H,4-12,14-16,18-19H2,1-3H3. The van der Waals surface area contributed by atoms with Gasteiger partial charge in [-0.2, -0.15) is 0 Å². The molecule has 2 aliphatic rings. The Morgan fingerprint density at radius 1 is 0.880 bits per heavy atom. The van der Waals surface area contributed by atoms with Crippen molar-refractivity contribution in [2.75, 3.05) is 19.8 Å². The summed E-state index contributed by atoms with van der Waals surface area (Å²) < 4.78 is 17.4. The van der Waals surface area contributed by atoms with E-state index < -0.39 is 5.97 Å². The van der Waals surface area contributed by atoms with Crippen molar-refractivity contribution in [1.29, 1.82) is 0 Å². The van der Waals surface area contributed by atoms with Gasteiger partial charge in [0.15, 0.2) is 0 Å². The van der Waals surface area contributed by atoms with Gasteiger partial charge in [0.05, 0.1) is 0 Å². The highest BCUT2D eigenvalue weighted by Gasteiger charge is 2.39. The molecular formula is C22H40O3. The molecule has 1 saturated carbocycles. The molecule has 0 amide bonds. The predicted molar refractivity (Wildman–Crippen MR) is 103 cm³/mol. The zero-order chi connectivity index (χ0) is 18.0. The van der Waals surface area contributed by atoms with E-state index in [1.165, 1.54) is 57.8 Å². The number of unbranched alkanes of at least 4 members (excludes halogenated alkanes) is 5. The van der Waals surface area contributed by atoms with Gasteiger partial charge in [-0.05, 0) is 64.2 Å². The highest BCUT2D eigenvalue weighted by Crippen LogP contribution is 2.52. The summed E-state index contributed by atoms with van der Waals surface area (Å²) in [6.45, 7) is 7.86. The minimum Gasteiger partial charge on any atom is -0.328 e. The van der Waals surface area contributed by atoms with Gasteiger partial charge in [-0.1, -0.05) is 44.3 Å². The number of hydrogen-bond acceptors (Lipinski definition) is 3. The maximum atomic E-state index is 5.79. The molecular weight excluding hydrogens is 312 g/mol. The van der Waals surface area contributed by atoms with Crippen molar-refractivity contribution in [1.82, 2.24) is 0 Å². The van der Waals surface area contributed by atoms with E-state index in [4.69, 9.17) is 14.2 Å². The summed E-state index contributed by atoms with van der Waals surface area (Å²) in [5.74, 6) is 0.104. The van der Waals surface area contributed by atoms with E-state index in [0.717, 1.165) is 18.8 Å². The summed E-state index contributed by atoms with van der Waals surface area (Å²) in [6.07, 6.45) is 19.4. The van der Waals surface area contributed by atoms with E-state index in [-0.39, 0.29) is 0 Å². The molecule has 0 radical (unpaired) electrons. The zero-order valence-corrected chi connectivity index (χ0v) is 16.9. The van der Waals surface area contributed by atoms with Crippen molar-refractivity contribution in [2.45, 2.75) is 97.4 Å². The summed E-state index contributed by atoms with van der Waals surface area (Å²) in [5, 5.41) is 0. The molecule has 2 aliphatic carbocycles. The lowest BCUT2D eigenvalue weighted by Gasteiger charge is -2.32. The first-order chi connectivity index (χ1) is 12.2. The van der Waals surface area contributed by atoms with E-state index >= 15 is 0 Å². The third-order valence-electron chi connectivity index (χ3n) is 5.90. The van der Waals surface area contributed by atoms with E-state index in [1.54, 1.807) is 0 Å². The van der Waals surface area contributed by atoms with Crippen molar-refractivity contribution in [3.05, 3.63) is 12.2 Å². The average molecular weight is 353 g/mol. The summed E-state index contributed by atoms with van der Waals surface area (Å²) in [7, 11) is 0. The molecule has 0 heterocycles. The third-order valence-corrected chi connectivity index (χ3v) is 5.90. The number of fused-ring (bicyclic) bond motifs is 2. The average Bonchev–Trinajstić information content (AvgIpc) is 3.19. The molecule has 0 saturated heterocycles. The molecule has 3 heteroatoms. The summed E-state index contributed by atoms with van der Waals surface area (Å²) >= 11 is 0.